The Morgan fingerprint density at radius 2 is 2.33 bits per heavy atom. The summed E-state index contributed by atoms with van der Waals surface area (Å²) in [6.07, 6.45) is 2.21. The molecule has 1 aromatic heterocycles. The summed E-state index contributed by atoms with van der Waals surface area (Å²) >= 11 is 5.65. The molecule has 0 spiro atoms. The Morgan fingerprint density at radius 3 is 2.92 bits per heavy atom. The summed E-state index contributed by atoms with van der Waals surface area (Å²) in [4.78, 5) is 0. The molecule has 1 heterocycles. The van der Waals surface area contributed by atoms with Crippen molar-refractivity contribution in [3.8, 4) is 0 Å². The normalized spacial score (nSPS) is 13.2. The van der Waals surface area contributed by atoms with Crippen LogP contribution in [0.3, 0.4) is 0 Å². The van der Waals surface area contributed by atoms with E-state index in [2.05, 4.69) is 29.4 Å². The topological polar surface area (TPSA) is 43.6 Å². The minimum absolute atomic E-state index is 0.346. The van der Waals surface area contributed by atoms with E-state index in [1.54, 1.807) is 4.68 Å². The summed E-state index contributed by atoms with van der Waals surface area (Å²) in [7, 11) is 0. The lowest BCUT2D eigenvalue weighted by atomic mass is 10.2. The van der Waals surface area contributed by atoms with Crippen LogP contribution in [-0.2, 0) is 5.88 Å². The van der Waals surface area contributed by atoms with E-state index in [0.29, 0.717) is 11.9 Å². The standard InChI is InChI=1S/C7H13ClN4/c1-3-4-6(2)12-7(5-8)9-10-11-12/h6H,3-5H2,1-2H3. The molecule has 1 atom stereocenters. The van der Waals surface area contributed by atoms with E-state index in [1.165, 1.54) is 0 Å². The van der Waals surface area contributed by atoms with Crippen molar-refractivity contribution in [2.75, 3.05) is 0 Å². The Kier molecular flexibility index (Phi) is 3.47. The molecule has 0 radical (unpaired) electrons. The molecule has 1 unspecified atom stereocenters. The summed E-state index contributed by atoms with van der Waals surface area (Å²) < 4.78 is 1.79. The first kappa shape index (κ1) is 9.45. The van der Waals surface area contributed by atoms with E-state index in [-0.39, 0.29) is 0 Å². The van der Waals surface area contributed by atoms with E-state index in [1.807, 2.05) is 0 Å². The quantitative estimate of drug-likeness (QED) is 0.677. The van der Waals surface area contributed by atoms with Crippen LogP contribution >= 0.6 is 11.6 Å². The molecule has 68 valence electrons. The molecule has 0 aliphatic rings. The molecule has 0 fully saturated rings. The molecule has 0 bridgehead atoms. The van der Waals surface area contributed by atoms with Gasteiger partial charge in [0.25, 0.3) is 0 Å². The van der Waals surface area contributed by atoms with Crippen molar-refractivity contribution < 1.29 is 0 Å². The molecule has 1 rings (SSSR count). The lowest BCUT2D eigenvalue weighted by molar-refractivity contribution is 0.433. The van der Waals surface area contributed by atoms with E-state index < -0.39 is 0 Å². The number of halogens is 1. The third-order valence-electron chi connectivity index (χ3n) is 1.80. The second-order valence-corrected chi connectivity index (χ2v) is 3.08. The van der Waals surface area contributed by atoms with Crippen molar-refractivity contribution in [1.82, 2.24) is 20.2 Å². The average Bonchev–Trinajstić information content (AvgIpc) is 2.51. The number of aromatic nitrogens is 4. The maximum absolute atomic E-state index is 5.65. The van der Waals surface area contributed by atoms with Crippen molar-refractivity contribution in [1.29, 1.82) is 0 Å². The van der Waals surface area contributed by atoms with E-state index in [4.69, 9.17) is 11.6 Å². The Balaban J connectivity index is 2.71. The van der Waals surface area contributed by atoms with Gasteiger partial charge in [0.05, 0.1) is 11.9 Å². The van der Waals surface area contributed by atoms with Gasteiger partial charge < -0.3 is 0 Å². The molecule has 0 aliphatic carbocycles. The number of rotatable bonds is 4. The molecule has 0 saturated heterocycles. The van der Waals surface area contributed by atoms with Gasteiger partial charge in [-0.1, -0.05) is 13.3 Å². The van der Waals surface area contributed by atoms with Crippen LogP contribution in [0.5, 0.6) is 0 Å². The molecule has 0 aromatic carbocycles. The second kappa shape index (κ2) is 4.40. The molecule has 4 nitrogen and oxygen atoms in total. The highest BCUT2D eigenvalue weighted by Crippen LogP contribution is 2.13. The van der Waals surface area contributed by atoms with Crippen LogP contribution in [0, 0.1) is 0 Å². The van der Waals surface area contributed by atoms with Crippen LogP contribution in [-0.4, -0.2) is 20.2 Å². The summed E-state index contributed by atoms with van der Waals surface area (Å²) in [6.45, 7) is 4.23. The Bertz CT molecular complexity index is 235. The van der Waals surface area contributed by atoms with Crippen LogP contribution in [0.2, 0.25) is 0 Å². The second-order valence-electron chi connectivity index (χ2n) is 2.81. The van der Waals surface area contributed by atoms with Gasteiger partial charge in [0.15, 0.2) is 5.82 Å². The van der Waals surface area contributed by atoms with Gasteiger partial charge in [-0.2, -0.15) is 0 Å². The summed E-state index contributed by atoms with van der Waals surface area (Å²) in [5.74, 6) is 1.12. The Morgan fingerprint density at radius 1 is 1.58 bits per heavy atom. The fourth-order valence-electron chi connectivity index (χ4n) is 1.18. The van der Waals surface area contributed by atoms with Crippen LogP contribution in [0.1, 0.15) is 38.6 Å². The molecule has 1 aromatic rings. The minimum Gasteiger partial charge on any atom is -0.226 e. The van der Waals surface area contributed by atoms with Crippen LogP contribution < -0.4 is 0 Å². The van der Waals surface area contributed by atoms with Gasteiger partial charge in [-0.25, -0.2) is 4.68 Å². The Labute approximate surface area is 76.9 Å². The highest BCUT2D eigenvalue weighted by atomic mass is 35.5. The third kappa shape index (κ3) is 1.94. The highest BCUT2D eigenvalue weighted by molar-refractivity contribution is 6.16. The number of nitrogens with zero attached hydrogens (tertiary/aromatic N) is 4. The summed E-state index contributed by atoms with van der Waals surface area (Å²) in [6, 6.07) is 0.346. The fourth-order valence-corrected chi connectivity index (χ4v) is 1.36. The van der Waals surface area contributed by atoms with Crippen molar-refractivity contribution in [2.24, 2.45) is 0 Å². The first-order valence-corrected chi connectivity index (χ1v) is 4.65. The molecule has 0 amide bonds. The lowest BCUT2D eigenvalue weighted by Crippen LogP contribution is -2.10. The van der Waals surface area contributed by atoms with Crippen LogP contribution in [0.4, 0.5) is 0 Å². The number of hydrogen-bond acceptors (Lipinski definition) is 3. The molecule has 0 aliphatic heterocycles. The minimum atomic E-state index is 0.346. The fraction of sp³-hybridized carbons (Fsp3) is 0.857. The van der Waals surface area contributed by atoms with Crippen molar-refractivity contribution in [3.05, 3.63) is 5.82 Å². The third-order valence-corrected chi connectivity index (χ3v) is 2.04. The summed E-state index contributed by atoms with van der Waals surface area (Å²) in [5.41, 5.74) is 0. The first-order chi connectivity index (χ1) is 5.79. The van der Waals surface area contributed by atoms with Gasteiger partial charge in [0.2, 0.25) is 0 Å². The van der Waals surface area contributed by atoms with Gasteiger partial charge in [-0.3, -0.25) is 0 Å². The first-order valence-electron chi connectivity index (χ1n) is 4.12. The largest absolute Gasteiger partial charge is 0.226 e. The van der Waals surface area contributed by atoms with Gasteiger partial charge >= 0.3 is 0 Å². The Hall–Kier alpha value is -0.640. The molecule has 12 heavy (non-hydrogen) atoms. The molecule has 5 heteroatoms. The van der Waals surface area contributed by atoms with Crippen molar-refractivity contribution in [3.63, 3.8) is 0 Å². The van der Waals surface area contributed by atoms with E-state index >= 15 is 0 Å². The molecule has 0 saturated carbocycles. The van der Waals surface area contributed by atoms with Gasteiger partial charge in [-0.05, 0) is 23.8 Å². The molecular formula is C7H13ClN4. The zero-order valence-corrected chi connectivity index (χ0v) is 8.12. The molecular weight excluding hydrogens is 176 g/mol. The zero-order chi connectivity index (χ0) is 8.97. The maximum atomic E-state index is 5.65. The lowest BCUT2D eigenvalue weighted by Gasteiger charge is -2.10. The highest BCUT2D eigenvalue weighted by Gasteiger charge is 2.10. The zero-order valence-electron chi connectivity index (χ0n) is 7.37. The van der Waals surface area contributed by atoms with Crippen molar-refractivity contribution in [2.45, 2.75) is 38.6 Å². The maximum Gasteiger partial charge on any atom is 0.166 e. The van der Waals surface area contributed by atoms with Crippen molar-refractivity contribution >= 4 is 11.6 Å². The monoisotopic (exact) mass is 188 g/mol. The number of alkyl halides is 1. The smallest absolute Gasteiger partial charge is 0.166 e. The van der Waals surface area contributed by atoms with Crippen LogP contribution in [0.15, 0.2) is 0 Å². The number of hydrogen-bond donors (Lipinski definition) is 0. The van der Waals surface area contributed by atoms with E-state index in [9.17, 15) is 0 Å². The summed E-state index contributed by atoms with van der Waals surface area (Å²) in [5, 5.41) is 11.3. The van der Waals surface area contributed by atoms with Gasteiger partial charge in [-0.15, -0.1) is 16.7 Å². The predicted molar refractivity (Wildman–Crippen MR) is 47.0 cm³/mol. The SMILES string of the molecule is CCCC(C)n1nnnc1CCl. The molecule has 0 N–H and O–H groups in total. The van der Waals surface area contributed by atoms with E-state index in [0.717, 1.165) is 18.7 Å². The van der Waals surface area contributed by atoms with Crippen LogP contribution in [0.25, 0.3) is 0 Å². The number of tetrazole rings is 1. The predicted octanol–water partition coefficient (Wildman–Crippen LogP) is 1.77. The average molecular weight is 189 g/mol. The van der Waals surface area contributed by atoms with Gasteiger partial charge in [0.1, 0.15) is 0 Å². The van der Waals surface area contributed by atoms with Gasteiger partial charge in [0, 0.05) is 0 Å².